The van der Waals surface area contributed by atoms with E-state index in [4.69, 9.17) is 9.52 Å². The molecule has 0 aliphatic carbocycles. The topological polar surface area (TPSA) is 67.5 Å². The van der Waals surface area contributed by atoms with Gasteiger partial charge in [-0.05, 0) is 18.6 Å². The van der Waals surface area contributed by atoms with Crippen LogP contribution in [-0.2, 0) is 10.8 Å². The molecule has 0 saturated heterocycles. The summed E-state index contributed by atoms with van der Waals surface area (Å²) < 4.78 is 16.9. The molecule has 1 unspecified atom stereocenters. The average Bonchev–Trinajstić information content (AvgIpc) is 2.91. The molecule has 114 valence electrons. The molecule has 0 amide bonds. The Kier molecular flexibility index (Phi) is 8.26. The highest BCUT2D eigenvalue weighted by Crippen LogP contribution is 2.14. The summed E-state index contributed by atoms with van der Waals surface area (Å²) in [4.78, 5) is 10.7. The van der Waals surface area contributed by atoms with Crippen LogP contribution in [0.25, 0.3) is 0 Å². The Balaban J connectivity index is 2.12. The van der Waals surface area contributed by atoms with Crippen LogP contribution in [0.15, 0.2) is 21.6 Å². The summed E-state index contributed by atoms with van der Waals surface area (Å²) in [5, 5.41) is 8.99. The Bertz CT molecular complexity index is 425. The highest BCUT2D eigenvalue weighted by Gasteiger charge is 2.13. The first kappa shape index (κ1) is 17.0. The quantitative estimate of drug-likeness (QED) is 0.621. The van der Waals surface area contributed by atoms with Crippen molar-refractivity contribution in [2.75, 3.05) is 5.75 Å². The molecule has 1 N–H and O–H groups in total. The van der Waals surface area contributed by atoms with Crippen LogP contribution in [0.3, 0.4) is 0 Å². The molecule has 0 bridgehead atoms. The summed E-state index contributed by atoms with van der Waals surface area (Å²) in [5.41, 5.74) is 0. The molecule has 1 atom stereocenters. The number of furan rings is 1. The minimum Gasteiger partial charge on any atom is -0.475 e. The second-order valence-corrected chi connectivity index (χ2v) is 6.45. The van der Waals surface area contributed by atoms with E-state index >= 15 is 0 Å². The Morgan fingerprint density at radius 1 is 1.10 bits per heavy atom. The van der Waals surface area contributed by atoms with Gasteiger partial charge in [0.2, 0.25) is 5.76 Å². The Labute approximate surface area is 123 Å². The molecule has 5 heteroatoms. The number of hydrogen-bond acceptors (Lipinski definition) is 3. The van der Waals surface area contributed by atoms with Gasteiger partial charge in [0.15, 0.2) is 5.09 Å². The Morgan fingerprint density at radius 2 is 1.70 bits per heavy atom. The van der Waals surface area contributed by atoms with Gasteiger partial charge in [-0.2, -0.15) is 0 Å². The lowest BCUT2D eigenvalue weighted by Gasteiger charge is -2.01. The lowest BCUT2D eigenvalue weighted by atomic mass is 10.1. The average molecular weight is 300 g/mol. The van der Waals surface area contributed by atoms with Crippen LogP contribution >= 0.6 is 0 Å². The van der Waals surface area contributed by atoms with Crippen molar-refractivity contribution in [2.45, 2.75) is 63.4 Å². The second kappa shape index (κ2) is 9.75. The van der Waals surface area contributed by atoms with Gasteiger partial charge < -0.3 is 9.52 Å². The maximum Gasteiger partial charge on any atom is 0.371 e. The Hall–Kier alpha value is -1.10. The fourth-order valence-corrected chi connectivity index (χ4v) is 3.10. The molecule has 0 radical (unpaired) electrons. The van der Waals surface area contributed by atoms with Gasteiger partial charge in [0, 0.05) is 5.75 Å². The minimum absolute atomic E-state index is 0.149. The van der Waals surface area contributed by atoms with Gasteiger partial charge in [0.25, 0.3) is 0 Å². The van der Waals surface area contributed by atoms with Crippen molar-refractivity contribution in [1.29, 1.82) is 0 Å². The maximum absolute atomic E-state index is 11.9. The normalized spacial score (nSPS) is 12.4. The molecule has 0 spiro atoms. The second-order valence-electron chi connectivity index (χ2n) is 4.95. The lowest BCUT2D eigenvalue weighted by Crippen LogP contribution is -1.97. The van der Waals surface area contributed by atoms with E-state index in [0.717, 1.165) is 12.8 Å². The summed E-state index contributed by atoms with van der Waals surface area (Å²) in [6.45, 7) is 2.21. The van der Waals surface area contributed by atoms with Gasteiger partial charge in [-0.25, -0.2) is 4.79 Å². The van der Waals surface area contributed by atoms with E-state index in [1.165, 1.54) is 50.7 Å². The van der Waals surface area contributed by atoms with Gasteiger partial charge in [0.05, 0.1) is 10.8 Å². The number of carboxylic acid groups (broad SMARTS) is 1. The number of unbranched alkanes of at least 4 members (excludes halogenated alkanes) is 7. The number of carbonyl (C=O) groups is 1. The third-order valence-corrected chi connectivity index (χ3v) is 4.53. The van der Waals surface area contributed by atoms with Crippen molar-refractivity contribution in [3.8, 4) is 0 Å². The molecule has 1 heterocycles. The van der Waals surface area contributed by atoms with Crippen LogP contribution in [0.1, 0.15) is 68.8 Å². The Morgan fingerprint density at radius 3 is 2.25 bits per heavy atom. The zero-order chi connectivity index (χ0) is 14.8. The van der Waals surface area contributed by atoms with E-state index < -0.39 is 16.8 Å². The molecule has 20 heavy (non-hydrogen) atoms. The number of carboxylic acids is 1. The van der Waals surface area contributed by atoms with Gasteiger partial charge in [-0.1, -0.05) is 51.9 Å². The molecular formula is C15H24O4S. The zero-order valence-corrected chi connectivity index (χ0v) is 12.9. The van der Waals surface area contributed by atoms with Crippen molar-refractivity contribution >= 4 is 16.8 Å². The molecule has 0 saturated carbocycles. The van der Waals surface area contributed by atoms with E-state index in [1.807, 2.05) is 0 Å². The highest BCUT2D eigenvalue weighted by atomic mass is 32.2. The van der Waals surface area contributed by atoms with E-state index in [0.29, 0.717) is 5.75 Å². The predicted molar refractivity (Wildman–Crippen MR) is 79.6 cm³/mol. The predicted octanol–water partition coefficient (Wildman–Crippen LogP) is 4.23. The molecule has 1 aromatic rings. The van der Waals surface area contributed by atoms with Crippen LogP contribution in [0, 0.1) is 0 Å². The fraction of sp³-hybridized carbons (Fsp3) is 0.667. The molecule has 0 fully saturated rings. The standard InChI is InChI=1S/C15H24O4S/c1-2-3-4-5-6-7-8-9-12-20(18)14-11-10-13(19-14)15(16)17/h10-11H,2-9,12H2,1H3,(H,16,17). The molecule has 0 aliphatic rings. The highest BCUT2D eigenvalue weighted by molar-refractivity contribution is 7.84. The van der Waals surface area contributed by atoms with Crippen LogP contribution in [-0.4, -0.2) is 21.0 Å². The van der Waals surface area contributed by atoms with Gasteiger partial charge in [-0.3, -0.25) is 4.21 Å². The third-order valence-electron chi connectivity index (χ3n) is 3.20. The smallest absolute Gasteiger partial charge is 0.371 e. The van der Waals surface area contributed by atoms with Crippen molar-refractivity contribution in [1.82, 2.24) is 0 Å². The van der Waals surface area contributed by atoms with Crippen molar-refractivity contribution in [3.63, 3.8) is 0 Å². The largest absolute Gasteiger partial charge is 0.475 e. The summed E-state index contributed by atoms with van der Waals surface area (Å²) >= 11 is 0. The van der Waals surface area contributed by atoms with Crippen LogP contribution in [0.5, 0.6) is 0 Å². The zero-order valence-electron chi connectivity index (χ0n) is 12.1. The van der Waals surface area contributed by atoms with Crippen LogP contribution in [0.2, 0.25) is 0 Å². The third kappa shape index (κ3) is 6.37. The molecule has 0 aromatic carbocycles. The summed E-state index contributed by atoms with van der Waals surface area (Å²) in [6.07, 6.45) is 9.57. The number of aromatic carboxylic acids is 1. The van der Waals surface area contributed by atoms with Crippen molar-refractivity contribution < 1.29 is 18.5 Å². The first-order valence-corrected chi connectivity index (χ1v) is 8.68. The van der Waals surface area contributed by atoms with Gasteiger partial charge in [-0.15, -0.1) is 0 Å². The fourth-order valence-electron chi connectivity index (χ4n) is 2.03. The lowest BCUT2D eigenvalue weighted by molar-refractivity contribution is 0.0656. The van der Waals surface area contributed by atoms with Crippen molar-refractivity contribution in [3.05, 3.63) is 17.9 Å². The van der Waals surface area contributed by atoms with Gasteiger partial charge in [0.1, 0.15) is 0 Å². The van der Waals surface area contributed by atoms with Crippen LogP contribution in [0.4, 0.5) is 0 Å². The molecule has 4 nitrogen and oxygen atoms in total. The van der Waals surface area contributed by atoms with E-state index in [2.05, 4.69) is 6.92 Å². The SMILES string of the molecule is CCCCCCCCCCS(=O)c1ccc(C(=O)O)o1. The maximum atomic E-state index is 11.9. The number of rotatable bonds is 11. The van der Waals surface area contributed by atoms with Crippen LogP contribution < -0.4 is 0 Å². The monoisotopic (exact) mass is 300 g/mol. The summed E-state index contributed by atoms with van der Waals surface area (Å²) in [6, 6.07) is 2.84. The first-order chi connectivity index (χ1) is 9.65. The van der Waals surface area contributed by atoms with E-state index in [-0.39, 0.29) is 10.9 Å². The van der Waals surface area contributed by atoms with E-state index in [9.17, 15) is 9.00 Å². The first-order valence-electron chi connectivity index (χ1n) is 7.36. The van der Waals surface area contributed by atoms with Gasteiger partial charge >= 0.3 is 5.97 Å². The van der Waals surface area contributed by atoms with E-state index in [1.54, 1.807) is 0 Å². The molecule has 1 rings (SSSR count). The molecular weight excluding hydrogens is 276 g/mol. The van der Waals surface area contributed by atoms with Crippen molar-refractivity contribution in [2.24, 2.45) is 0 Å². The molecule has 1 aromatic heterocycles. The molecule has 0 aliphatic heterocycles. The summed E-state index contributed by atoms with van der Waals surface area (Å²) in [7, 11) is -1.22. The minimum atomic E-state index is -1.22. The number of hydrogen-bond donors (Lipinski definition) is 1. The summed E-state index contributed by atoms with van der Waals surface area (Å²) in [5.74, 6) is -0.730.